The number of carbonyl (C=O) groups is 1. The minimum atomic E-state index is -1.79. The van der Waals surface area contributed by atoms with Crippen molar-refractivity contribution in [2.75, 3.05) is 19.8 Å². The van der Waals surface area contributed by atoms with Crippen LogP contribution < -0.4 is 5.32 Å². The Morgan fingerprint density at radius 3 is 1.20 bits per heavy atom. The fraction of sp³-hybridized carbons (Fsp3) is 0.782. The van der Waals surface area contributed by atoms with Gasteiger partial charge in [0, 0.05) is 6.42 Å². The third-order valence-corrected chi connectivity index (χ3v) is 17.8. The highest BCUT2D eigenvalue weighted by molar-refractivity contribution is 5.76. The molecular weight excluding hydrogens is 1160 g/mol. The van der Waals surface area contributed by atoms with E-state index in [0.29, 0.717) is 12.8 Å². The van der Waals surface area contributed by atoms with Crippen LogP contribution in [0.3, 0.4) is 0 Å². The molecule has 92 heavy (non-hydrogen) atoms. The predicted octanol–water partition coefficient (Wildman–Crippen LogP) is 16.1. The normalized spacial score (nSPS) is 23.2. The van der Waals surface area contributed by atoms with Crippen LogP contribution in [0.15, 0.2) is 97.2 Å². The van der Waals surface area contributed by atoms with E-state index in [0.717, 1.165) is 70.6 Å². The van der Waals surface area contributed by atoms with E-state index in [9.17, 15) is 45.6 Å². The second-order valence-electron chi connectivity index (χ2n) is 26.0. The molecule has 0 radical (unpaired) electrons. The highest BCUT2D eigenvalue weighted by Crippen LogP contribution is 2.30. The van der Waals surface area contributed by atoms with E-state index in [1.54, 1.807) is 6.08 Å². The first-order chi connectivity index (χ1) is 45.1. The van der Waals surface area contributed by atoms with Crippen LogP contribution in [-0.2, 0) is 23.7 Å². The molecule has 1 amide bonds. The Morgan fingerprint density at radius 1 is 0.402 bits per heavy atom. The number of aliphatic hydroxyl groups is 8. The van der Waals surface area contributed by atoms with Gasteiger partial charge in [-0.05, 0) is 83.5 Å². The minimum Gasteiger partial charge on any atom is -0.394 e. The Morgan fingerprint density at radius 2 is 0.761 bits per heavy atom. The van der Waals surface area contributed by atoms with E-state index >= 15 is 0 Å². The summed E-state index contributed by atoms with van der Waals surface area (Å²) < 4.78 is 22.9. The molecule has 0 aliphatic carbocycles. The van der Waals surface area contributed by atoms with Crippen LogP contribution in [0.5, 0.6) is 0 Å². The van der Waals surface area contributed by atoms with Gasteiger partial charge in [-0.2, -0.15) is 0 Å². The van der Waals surface area contributed by atoms with Gasteiger partial charge in [-0.25, -0.2) is 0 Å². The van der Waals surface area contributed by atoms with Crippen molar-refractivity contribution in [2.45, 2.75) is 370 Å². The number of ether oxygens (including phenoxy) is 4. The maximum atomic E-state index is 13.4. The van der Waals surface area contributed by atoms with Crippen LogP contribution in [0.4, 0.5) is 0 Å². The van der Waals surface area contributed by atoms with Crippen molar-refractivity contribution in [2.24, 2.45) is 0 Å². The van der Waals surface area contributed by atoms with Crippen molar-refractivity contribution in [1.29, 1.82) is 0 Å². The van der Waals surface area contributed by atoms with Crippen molar-refractivity contribution in [3.8, 4) is 0 Å². The second-order valence-corrected chi connectivity index (χ2v) is 26.0. The molecule has 532 valence electrons. The molecule has 0 bridgehead atoms. The van der Waals surface area contributed by atoms with E-state index < -0.39 is 86.8 Å². The quantitative estimate of drug-likeness (QED) is 0.0204. The number of unbranched alkanes of at least 4 members (excludes halogenated alkanes) is 34. The lowest BCUT2D eigenvalue weighted by atomic mass is 9.97. The SMILES string of the molecule is CC/C=C\C/C=C\C/C=C\C/C=C\C/C=C\C/C=C\CCCCCCCCCCCCCCCCCCC(=O)NC(COC1OC(CO)C(OC2OC(CO)C(O)C(O)C2O)C(O)C1O)C(O)/C=C/CC/C=C/CCCCCCCCCCCCCCCCCCC. The first kappa shape index (κ1) is 85.0. The average Bonchev–Trinajstić information content (AvgIpc) is 0.830. The predicted molar refractivity (Wildman–Crippen MR) is 378 cm³/mol. The number of hydrogen-bond donors (Lipinski definition) is 9. The van der Waals surface area contributed by atoms with Gasteiger partial charge < -0.3 is 65.1 Å². The molecule has 2 fully saturated rings. The molecule has 0 saturated carbocycles. The largest absolute Gasteiger partial charge is 0.394 e. The number of aliphatic hydroxyl groups excluding tert-OH is 8. The van der Waals surface area contributed by atoms with E-state index in [1.165, 1.54) is 193 Å². The monoisotopic (exact) mass is 1300 g/mol. The number of hydrogen-bond acceptors (Lipinski definition) is 13. The topological polar surface area (TPSA) is 228 Å². The fourth-order valence-corrected chi connectivity index (χ4v) is 11.8. The number of nitrogens with one attached hydrogen (secondary N) is 1. The molecule has 0 spiro atoms. The average molecular weight is 1300 g/mol. The lowest BCUT2D eigenvalue weighted by Gasteiger charge is -2.46. The lowest BCUT2D eigenvalue weighted by Crippen LogP contribution is -2.65. The summed E-state index contributed by atoms with van der Waals surface area (Å²) in [7, 11) is 0. The summed E-state index contributed by atoms with van der Waals surface area (Å²) in [4.78, 5) is 13.4. The zero-order valence-electron chi connectivity index (χ0n) is 58.0. The number of allylic oxidation sites excluding steroid dienone is 15. The standard InChI is InChI=1S/C78H137NO13/c1-3-5-7-9-11-13-15-17-19-21-23-25-27-28-29-30-31-32-33-34-35-36-37-38-40-42-44-46-48-50-52-54-56-58-60-62-70(83)79-66(65-89-77-75(88)73(86)76(69(64-81)91-77)92-78-74(87)72(85)71(84)68(63-80)90-78)67(82)61-59-57-55-53-51-49-47-45-43-41-39-26-24-22-20-18-16-14-12-10-8-6-4-2/h5,7,11,13,17,19,23,25,28-29,31-32,51,53,59,61,66-69,71-78,80-82,84-88H,3-4,6,8-10,12,14-16,18,20-22,24,26-27,30,33-50,52,54-58,60,62-65H2,1-2H3,(H,79,83)/b7-5-,13-11-,19-17-,25-23-,29-28-,32-31-,53-51+,61-59+. The smallest absolute Gasteiger partial charge is 0.220 e. The van der Waals surface area contributed by atoms with E-state index in [4.69, 9.17) is 18.9 Å². The van der Waals surface area contributed by atoms with Crippen molar-refractivity contribution in [3.63, 3.8) is 0 Å². The Kier molecular flexibility index (Phi) is 56.8. The minimum absolute atomic E-state index is 0.249. The molecule has 0 aromatic rings. The summed E-state index contributed by atoms with van der Waals surface area (Å²) in [6, 6.07) is -0.937. The fourth-order valence-electron chi connectivity index (χ4n) is 11.8. The van der Waals surface area contributed by atoms with Gasteiger partial charge in [0.25, 0.3) is 0 Å². The van der Waals surface area contributed by atoms with E-state index in [1.807, 2.05) is 6.08 Å². The number of carbonyl (C=O) groups excluding carboxylic acids is 1. The third kappa shape index (κ3) is 44.6. The molecule has 0 aromatic carbocycles. The number of rotatable bonds is 61. The van der Waals surface area contributed by atoms with Gasteiger partial charge in [-0.3, -0.25) is 4.79 Å². The van der Waals surface area contributed by atoms with Crippen LogP contribution in [0.25, 0.3) is 0 Å². The first-order valence-electron chi connectivity index (χ1n) is 37.5. The molecule has 2 rings (SSSR count). The van der Waals surface area contributed by atoms with Crippen LogP contribution in [0, 0.1) is 0 Å². The highest BCUT2D eigenvalue weighted by Gasteiger charge is 2.51. The molecule has 12 unspecified atom stereocenters. The molecule has 14 nitrogen and oxygen atoms in total. The van der Waals surface area contributed by atoms with Gasteiger partial charge in [0.1, 0.15) is 48.8 Å². The Hall–Kier alpha value is -3.09. The van der Waals surface area contributed by atoms with Crippen LogP contribution in [0.2, 0.25) is 0 Å². The molecule has 12 atom stereocenters. The molecule has 2 aliphatic rings. The van der Waals surface area contributed by atoms with Crippen LogP contribution in [0.1, 0.15) is 296 Å². The second kappa shape index (κ2) is 61.5. The first-order valence-corrected chi connectivity index (χ1v) is 37.5. The summed E-state index contributed by atoms with van der Waals surface area (Å²) in [6.45, 7) is 2.70. The molecule has 14 heteroatoms. The zero-order valence-corrected chi connectivity index (χ0v) is 58.0. The molecule has 2 heterocycles. The molecule has 2 aliphatic heterocycles. The Balaban J connectivity index is 1.65. The van der Waals surface area contributed by atoms with Crippen molar-refractivity contribution in [1.82, 2.24) is 5.32 Å². The van der Waals surface area contributed by atoms with E-state index in [-0.39, 0.29) is 18.9 Å². The third-order valence-electron chi connectivity index (χ3n) is 17.8. The van der Waals surface area contributed by atoms with Gasteiger partial charge >= 0.3 is 0 Å². The van der Waals surface area contributed by atoms with Crippen molar-refractivity contribution in [3.05, 3.63) is 97.2 Å². The molecule has 9 N–H and O–H groups in total. The summed E-state index contributed by atoms with van der Waals surface area (Å²) in [5.41, 5.74) is 0. The van der Waals surface area contributed by atoms with Crippen LogP contribution in [-0.4, -0.2) is 140 Å². The van der Waals surface area contributed by atoms with E-state index in [2.05, 4.69) is 104 Å². The number of amides is 1. The molecular formula is C78H137NO13. The lowest BCUT2D eigenvalue weighted by molar-refractivity contribution is -0.359. The summed E-state index contributed by atoms with van der Waals surface area (Å²) in [5.74, 6) is -0.249. The summed E-state index contributed by atoms with van der Waals surface area (Å²) in [5, 5.41) is 87.5. The summed E-state index contributed by atoms with van der Waals surface area (Å²) >= 11 is 0. The Bertz CT molecular complexity index is 1920. The highest BCUT2D eigenvalue weighted by atomic mass is 16.7. The van der Waals surface area contributed by atoms with Gasteiger partial charge in [-0.15, -0.1) is 0 Å². The maximum Gasteiger partial charge on any atom is 0.220 e. The Labute approximate surface area is 560 Å². The maximum absolute atomic E-state index is 13.4. The van der Waals surface area contributed by atoms with Gasteiger partial charge in [0.15, 0.2) is 12.6 Å². The van der Waals surface area contributed by atoms with Gasteiger partial charge in [0.05, 0.1) is 32.0 Å². The van der Waals surface area contributed by atoms with Crippen LogP contribution >= 0.6 is 0 Å². The molecule has 0 aromatic heterocycles. The molecule has 2 saturated heterocycles. The van der Waals surface area contributed by atoms with Crippen molar-refractivity contribution >= 4 is 5.91 Å². The zero-order chi connectivity index (χ0) is 66.6. The van der Waals surface area contributed by atoms with Gasteiger partial charge in [-0.1, -0.05) is 304 Å². The van der Waals surface area contributed by atoms with Crippen molar-refractivity contribution < 1.29 is 64.6 Å². The summed E-state index contributed by atoms with van der Waals surface area (Å²) in [6.07, 6.45) is 70.4. The van der Waals surface area contributed by atoms with Gasteiger partial charge in [0.2, 0.25) is 5.91 Å².